The van der Waals surface area contributed by atoms with Crippen molar-refractivity contribution in [2.24, 2.45) is 0 Å². The first kappa shape index (κ1) is 22.1. The van der Waals surface area contributed by atoms with Gasteiger partial charge in [-0.15, -0.1) is 0 Å². The fourth-order valence-corrected chi connectivity index (χ4v) is 4.27. The normalized spacial score (nSPS) is 16.9. The fraction of sp³-hybridized carbons (Fsp3) is 0.417. The quantitative estimate of drug-likeness (QED) is 0.670. The van der Waals surface area contributed by atoms with Crippen LogP contribution in [0.4, 0.5) is 11.4 Å². The number of fused-ring (bicyclic) bond motifs is 1. The maximum Gasteiger partial charge on any atom is 0.313 e. The van der Waals surface area contributed by atoms with E-state index in [4.69, 9.17) is 9.47 Å². The van der Waals surface area contributed by atoms with Gasteiger partial charge in [0.05, 0.1) is 26.4 Å². The second-order valence-corrected chi connectivity index (χ2v) is 8.12. The molecule has 2 aliphatic rings. The van der Waals surface area contributed by atoms with Gasteiger partial charge < -0.3 is 25.0 Å². The number of methoxy groups -OCH3 is 1. The summed E-state index contributed by atoms with van der Waals surface area (Å²) < 4.78 is 10.6. The summed E-state index contributed by atoms with van der Waals surface area (Å²) >= 11 is 0. The van der Waals surface area contributed by atoms with Crippen LogP contribution in [0, 0.1) is 0 Å². The molecule has 8 heteroatoms. The minimum absolute atomic E-state index is 0.0205. The minimum atomic E-state index is -0.688. The maximum absolute atomic E-state index is 12.5. The van der Waals surface area contributed by atoms with E-state index in [9.17, 15) is 9.59 Å². The van der Waals surface area contributed by atoms with Crippen molar-refractivity contribution in [2.75, 3.05) is 63.8 Å². The summed E-state index contributed by atoms with van der Waals surface area (Å²) in [6.45, 7) is 4.27. The zero-order chi connectivity index (χ0) is 22.5. The van der Waals surface area contributed by atoms with Gasteiger partial charge in [-0.05, 0) is 47.9 Å². The smallest absolute Gasteiger partial charge is 0.313 e. The molecule has 0 spiro atoms. The Morgan fingerprint density at radius 2 is 1.81 bits per heavy atom. The zero-order valence-electron chi connectivity index (χ0n) is 18.6. The van der Waals surface area contributed by atoms with E-state index in [0.717, 1.165) is 31.6 Å². The topological polar surface area (TPSA) is 83.1 Å². The first-order chi connectivity index (χ1) is 15.5. The van der Waals surface area contributed by atoms with Crippen molar-refractivity contribution >= 4 is 23.2 Å². The number of carbonyl (C=O) groups excluding carboxylic acids is 2. The van der Waals surface area contributed by atoms with Crippen LogP contribution in [0.3, 0.4) is 0 Å². The van der Waals surface area contributed by atoms with E-state index in [2.05, 4.69) is 45.7 Å². The number of rotatable bonds is 6. The molecule has 0 aromatic heterocycles. The van der Waals surface area contributed by atoms with Gasteiger partial charge in [0.15, 0.2) is 0 Å². The molecule has 2 N–H and O–H groups in total. The molecule has 2 amide bonds. The summed E-state index contributed by atoms with van der Waals surface area (Å²) in [6, 6.07) is 13.4. The van der Waals surface area contributed by atoms with Crippen LogP contribution in [0.5, 0.6) is 5.75 Å². The SMILES string of the molecule is COc1ccc(NC(=O)C(=O)NC[C@H](c2ccc3c(c2)CCN3C)N2CCOCC2)cc1. The molecular formula is C24H30N4O4. The van der Waals surface area contributed by atoms with Gasteiger partial charge in [0.1, 0.15) is 5.75 Å². The summed E-state index contributed by atoms with van der Waals surface area (Å²) in [6.07, 6.45) is 1.02. The molecule has 2 heterocycles. The highest BCUT2D eigenvalue weighted by Crippen LogP contribution is 2.31. The molecule has 1 atom stereocenters. The zero-order valence-corrected chi connectivity index (χ0v) is 18.6. The van der Waals surface area contributed by atoms with Crippen molar-refractivity contribution < 1.29 is 19.1 Å². The predicted molar refractivity (Wildman–Crippen MR) is 123 cm³/mol. The van der Waals surface area contributed by atoms with E-state index in [1.165, 1.54) is 11.3 Å². The number of hydrogen-bond acceptors (Lipinski definition) is 6. The van der Waals surface area contributed by atoms with E-state index in [0.29, 0.717) is 31.2 Å². The Hall–Kier alpha value is -3.10. The Labute approximate surface area is 188 Å². The highest BCUT2D eigenvalue weighted by Gasteiger charge is 2.26. The molecule has 1 saturated heterocycles. The van der Waals surface area contributed by atoms with Crippen molar-refractivity contribution in [3.63, 3.8) is 0 Å². The summed E-state index contributed by atoms with van der Waals surface area (Å²) in [5, 5.41) is 5.46. The minimum Gasteiger partial charge on any atom is -0.497 e. The third-order valence-corrected chi connectivity index (χ3v) is 6.11. The molecule has 0 aliphatic carbocycles. The van der Waals surface area contributed by atoms with Crippen LogP contribution < -0.4 is 20.3 Å². The van der Waals surface area contributed by atoms with Crippen LogP contribution in [0.15, 0.2) is 42.5 Å². The lowest BCUT2D eigenvalue weighted by Crippen LogP contribution is -2.45. The van der Waals surface area contributed by atoms with Gasteiger partial charge >= 0.3 is 11.8 Å². The number of morpholine rings is 1. The van der Waals surface area contributed by atoms with E-state index >= 15 is 0 Å². The summed E-state index contributed by atoms with van der Waals surface area (Å²) in [5.41, 5.74) is 4.28. The number of nitrogens with zero attached hydrogens (tertiary/aromatic N) is 2. The number of nitrogens with one attached hydrogen (secondary N) is 2. The number of carbonyl (C=O) groups is 2. The van der Waals surface area contributed by atoms with Crippen molar-refractivity contribution in [2.45, 2.75) is 12.5 Å². The van der Waals surface area contributed by atoms with E-state index in [-0.39, 0.29) is 6.04 Å². The van der Waals surface area contributed by atoms with Crippen molar-refractivity contribution in [1.82, 2.24) is 10.2 Å². The van der Waals surface area contributed by atoms with Crippen molar-refractivity contribution in [3.8, 4) is 5.75 Å². The average Bonchev–Trinajstić information content (AvgIpc) is 3.20. The third kappa shape index (κ3) is 5.03. The Morgan fingerprint density at radius 3 is 2.53 bits per heavy atom. The van der Waals surface area contributed by atoms with Crippen LogP contribution in [0.1, 0.15) is 17.2 Å². The number of amides is 2. The number of likely N-dealkylation sites (N-methyl/N-ethyl adjacent to an activating group) is 1. The van der Waals surface area contributed by atoms with E-state index in [1.807, 2.05) is 0 Å². The number of ether oxygens (including phenoxy) is 2. The molecule has 2 aromatic carbocycles. The van der Waals surface area contributed by atoms with Crippen LogP contribution in [-0.2, 0) is 20.7 Å². The molecule has 2 aliphatic heterocycles. The Kier molecular flexibility index (Phi) is 6.92. The van der Waals surface area contributed by atoms with Crippen LogP contribution >= 0.6 is 0 Å². The molecule has 1 fully saturated rings. The van der Waals surface area contributed by atoms with E-state index < -0.39 is 11.8 Å². The molecule has 0 unspecified atom stereocenters. The maximum atomic E-state index is 12.5. The first-order valence-electron chi connectivity index (χ1n) is 10.9. The predicted octanol–water partition coefficient (Wildman–Crippen LogP) is 1.82. The first-order valence-corrected chi connectivity index (χ1v) is 10.9. The van der Waals surface area contributed by atoms with Crippen LogP contribution in [-0.4, -0.2) is 70.3 Å². The second-order valence-electron chi connectivity index (χ2n) is 8.12. The number of anilines is 2. The Balaban J connectivity index is 1.42. The highest BCUT2D eigenvalue weighted by molar-refractivity contribution is 6.39. The monoisotopic (exact) mass is 438 g/mol. The molecule has 0 radical (unpaired) electrons. The summed E-state index contributed by atoms with van der Waals surface area (Å²) in [7, 11) is 3.68. The second kappa shape index (κ2) is 10.0. The standard InChI is InChI=1S/C24H30N4O4/c1-27-10-9-18-15-17(3-8-21(18)27)22(28-11-13-32-14-12-28)16-25-23(29)24(30)26-19-4-6-20(31-2)7-5-19/h3-8,15,22H,9-14,16H2,1-2H3,(H,25,29)(H,26,30)/t22-/m1/s1. The van der Waals surface area contributed by atoms with Gasteiger partial charge in [-0.25, -0.2) is 0 Å². The molecular weight excluding hydrogens is 408 g/mol. The van der Waals surface area contributed by atoms with Gasteiger partial charge in [-0.1, -0.05) is 12.1 Å². The Bertz CT molecular complexity index is 957. The van der Waals surface area contributed by atoms with Crippen LogP contribution in [0.2, 0.25) is 0 Å². The van der Waals surface area contributed by atoms with Gasteiger partial charge in [0.2, 0.25) is 0 Å². The molecule has 4 rings (SSSR count). The van der Waals surface area contributed by atoms with Crippen molar-refractivity contribution in [1.29, 1.82) is 0 Å². The lowest BCUT2D eigenvalue weighted by Gasteiger charge is -2.35. The lowest BCUT2D eigenvalue weighted by molar-refractivity contribution is -0.136. The average molecular weight is 439 g/mol. The number of benzene rings is 2. The molecule has 8 nitrogen and oxygen atoms in total. The van der Waals surface area contributed by atoms with Crippen molar-refractivity contribution in [3.05, 3.63) is 53.6 Å². The molecule has 170 valence electrons. The Morgan fingerprint density at radius 1 is 1.06 bits per heavy atom. The van der Waals surface area contributed by atoms with Gasteiger partial charge in [0, 0.05) is 44.6 Å². The lowest BCUT2D eigenvalue weighted by atomic mass is 10.0. The van der Waals surface area contributed by atoms with Gasteiger partial charge in [0.25, 0.3) is 0 Å². The van der Waals surface area contributed by atoms with E-state index in [1.54, 1.807) is 31.4 Å². The highest BCUT2D eigenvalue weighted by atomic mass is 16.5. The molecule has 0 bridgehead atoms. The summed E-state index contributed by atoms with van der Waals surface area (Å²) in [4.78, 5) is 29.5. The molecule has 2 aromatic rings. The molecule has 32 heavy (non-hydrogen) atoms. The van der Waals surface area contributed by atoms with Crippen LogP contribution in [0.25, 0.3) is 0 Å². The number of hydrogen-bond donors (Lipinski definition) is 2. The third-order valence-electron chi connectivity index (χ3n) is 6.11. The van der Waals surface area contributed by atoms with Gasteiger partial charge in [-0.2, -0.15) is 0 Å². The fourth-order valence-electron chi connectivity index (χ4n) is 4.27. The molecule has 0 saturated carbocycles. The summed E-state index contributed by atoms with van der Waals surface area (Å²) in [5.74, 6) is -0.659. The van der Waals surface area contributed by atoms with Gasteiger partial charge in [-0.3, -0.25) is 14.5 Å². The largest absolute Gasteiger partial charge is 0.497 e.